The highest BCUT2D eigenvalue weighted by molar-refractivity contribution is 8.01. The van der Waals surface area contributed by atoms with Gasteiger partial charge in [-0.3, -0.25) is 14.9 Å². The van der Waals surface area contributed by atoms with E-state index >= 15 is 0 Å². The van der Waals surface area contributed by atoms with Gasteiger partial charge in [0.15, 0.2) is 28.2 Å². The van der Waals surface area contributed by atoms with Gasteiger partial charge in [0.2, 0.25) is 5.13 Å². The third-order valence-electron chi connectivity index (χ3n) is 2.91. The summed E-state index contributed by atoms with van der Waals surface area (Å²) in [5.74, 6) is 1.04. The van der Waals surface area contributed by atoms with Gasteiger partial charge >= 0.3 is 0 Å². The number of hydrogen-bond donors (Lipinski definition) is 1. The van der Waals surface area contributed by atoms with E-state index in [1.807, 2.05) is 0 Å². The van der Waals surface area contributed by atoms with E-state index in [0.717, 1.165) is 10.1 Å². The van der Waals surface area contributed by atoms with Gasteiger partial charge in [0.1, 0.15) is 0 Å². The summed E-state index contributed by atoms with van der Waals surface area (Å²) >= 11 is 2.77. The number of rotatable bonds is 9. The van der Waals surface area contributed by atoms with E-state index in [2.05, 4.69) is 22.1 Å². The van der Waals surface area contributed by atoms with Crippen molar-refractivity contribution in [3.63, 3.8) is 0 Å². The van der Waals surface area contributed by atoms with Crippen molar-refractivity contribution in [2.24, 2.45) is 0 Å². The quantitative estimate of drug-likeness (QED) is 0.310. The zero-order chi connectivity index (χ0) is 18.2. The number of aromatic nitrogens is 2. The van der Waals surface area contributed by atoms with Crippen LogP contribution in [0.15, 0.2) is 35.2 Å². The smallest absolute Gasteiger partial charge is 0.264 e. The van der Waals surface area contributed by atoms with Crippen LogP contribution in [0.5, 0.6) is 11.5 Å². The molecule has 0 fully saturated rings. The molecule has 25 heavy (non-hydrogen) atoms. The average Bonchev–Trinajstić information content (AvgIpc) is 3.05. The van der Waals surface area contributed by atoms with Crippen molar-refractivity contribution < 1.29 is 19.1 Å². The van der Waals surface area contributed by atoms with E-state index in [1.165, 1.54) is 37.1 Å². The van der Waals surface area contributed by atoms with Crippen molar-refractivity contribution in [2.45, 2.75) is 11.3 Å². The molecule has 1 heterocycles. The zero-order valence-corrected chi connectivity index (χ0v) is 15.4. The number of nitrogens with zero attached hydrogens (tertiary/aromatic N) is 2. The van der Waals surface area contributed by atoms with Crippen molar-refractivity contribution in [1.29, 1.82) is 0 Å². The van der Waals surface area contributed by atoms with E-state index in [-0.39, 0.29) is 18.3 Å². The molecule has 2 aromatic rings. The summed E-state index contributed by atoms with van der Waals surface area (Å²) in [4.78, 5) is 23.4. The lowest BCUT2D eigenvalue weighted by atomic mass is 10.1. The summed E-state index contributed by atoms with van der Waals surface area (Å²) < 4.78 is 11.4. The summed E-state index contributed by atoms with van der Waals surface area (Å²) in [7, 11) is 1.47. The maximum atomic E-state index is 12.0. The predicted octanol–water partition coefficient (Wildman–Crippen LogP) is 3.04. The molecule has 0 unspecified atom stereocenters. The van der Waals surface area contributed by atoms with Crippen LogP contribution in [-0.4, -0.2) is 41.4 Å². The number of anilines is 1. The SMILES string of the molecule is C=CCSc1nnc(NC(=O)COc2ccc(C(C)=O)cc2OC)s1. The predicted molar refractivity (Wildman–Crippen MR) is 98.0 cm³/mol. The number of nitrogens with one attached hydrogen (secondary N) is 1. The van der Waals surface area contributed by atoms with Crippen LogP contribution in [0.4, 0.5) is 5.13 Å². The van der Waals surface area contributed by atoms with E-state index in [1.54, 1.807) is 24.3 Å². The summed E-state index contributed by atoms with van der Waals surface area (Å²) in [5, 5.41) is 10.9. The van der Waals surface area contributed by atoms with Crippen LogP contribution >= 0.6 is 23.1 Å². The number of Topliss-reactive ketones (excluding diaryl/α,β-unsaturated/α-hetero) is 1. The average molecular weight is 379 g/mol. The lowest BCUT2D eigenvalue weighted by molar-refractivity contribution is -0.118. The molecule has 0 saturated carbocycles. The fourth-order valence-corrected chi connectivity index (χ4v) is 3.28. The largest absolute Gasteiger partial charge is 0.493 e. The number of hydrogen-bond acceptors (Lipinski definition) is 8. The van der Waals surface area contributed by atoms with Crippen molar-refractivity contribution >= 4 is 39.9 Å². The Kier molecular flexibility index (Phi) is 6.96. The third-order valence-corrected chi connectivity index (χ3v) is 4.87. The molecular weight excluding hydrogens is 362 g/mol. The zero-order valence-electron chi connectivity index (χ0n) is 13.8. The first-order valence-corrected chi connectivity index (χ1v) is 9.02. The highest BCUT2D eigenvalue weighted by Gasteiger charge is 2.12. The summed E-state index contributed by atoms with van der Waals surface area (Å²) in [5.41, 5.74) is 0.507. The minimum absolute atomic E-state index is 0.0796. The molecule has 1 aromatic heterocycles. The number of ketones is 1. The highest BCUT2D eigenvalue weighted by atomic mass is 32.2. The van der Waals surface area contributed by atoms with Gasteiger partial charge < -0.3 is 9.47 Å². The molecular formula is C16H17N3O4S2. The normalized spacial score (nSPS) is 10.2. The van der Waals surface area contributed by atoms with Gasteiger partial charge in [-0.25, -0.2) is 0 Å². The van der Waals surface area contributed by atoms with Gasteiger partial charge in [-0.05, 0) is 25.1 Å². The minimum Gasteiger partial charge on any atom is -0.493 e. The molecule has 0 aliphatic rings. The third kappa shape index (κ3) is 5.57. The van der Waals surface area contributed by atoms with E-state index in [9.17, 15) is 9.59 Å². The Hall–Kier alpha value is -2.39. The molecule has 1 aromatic carbocycles. The summed E-state index contributed by atoms with van der Waals surface area (Å²) in [6.45, 7) is 4.88. The van der Waals surface area contributed by atoms with Gasteiger partial charge in [0, 0.05) is 11.3 Å². The molecule has 9 heteroatoms. The Morgan fingerprint density at radius 1 is 1.36 bits per heavy atom. The van der Waals surface area contributed by atoms with Crippen LogP contribution in [0, 0.1) is 0 Å². The van der Waals surface area contributed by atoms with E-state index < -0.39 is 0 Å². The first-order chi connectivity index (χ1) is 12.0. The molecule has 0 aliphatic heterocycles. The Bertz CT molecular complexity index is 776. The van der Waals surface area contributed by atoms with Gasteiger partial charge in [0.05, 0.1) is 7.11 Å². The second kappa shape index (κ2) is 9.19. The Balaban J connectivity index is 1.92. The molecule has 2 rings (SSSR count). The van der Waals surface area contributed by atoms with Crippen molar-refractivity contribution in [3.05, 3.63) is 36.4 Å². The summed E-state index contributed by atoms with van der Waals surface area (Å²) in [6.07, 6.45) is 1.77. The maximum Gasteiger partial charge on any atom is 0.264 e. The van der Waals surface area contributed by atoms with Crippen LogP contribution in [0.1, 0.15) is 17.3 Å². The maximum absolute atomic E-state index is 12.0. The van der Waals surface area contributed by atoms with Crippen LogP contribution in [-0.2, 0) is 4.79 Å². The Morgan fingerprint density at radius 3 is 2.84 bits per heavy atom. The molecule has 7 nitrogen and oxygen atoms in total. The van der Waals surface area contributed by atoms with E-state index in [0.29, 0.717) is 22.2 Å². The molecule has 0 saturated heterocycles. The molecule has 0 radical (unpaired) electrons. The number of thioether (sulfide) groups is 1. The van der Waals surface area contributed by atoms with Gasteiger partial charge in [-0.1, -0.05) is 29.2 Å². The standard InChI is InChI=1S/C16H17N3O4S2/c1-4-7-24-16-19-18-15(25-16)17-14(21)9-23-12-6-5-11(10(2)20)8-13(12)22-3/h4-6,8H,1,7,9H2,2-3H3,(H,17,18,21). The van der Waals surface area contributed by atoms with Crippen LogP contribution in [0.3, 0.4) is 0 Å². The minimum atomic E-state index is -0.367. The first kappa shape index (κ1) is 18.9. The number of methoxy groups -OCH3 is 1. The lowest BCUT2D eigenvalue weighted by Gasteiger charge is -2.11. The Morgan fingerprint density at radius 2 is 2.16 bits per heavy atom. The van der Waals surface area contributed by atoms with Crippen LogP contribution < -0.4 is 14.8 Å². The molecule has 0 aliphatic carbocycles. The first-order valence-electron chi connectivity index (χ1n) is 7.22. The van der Waals surface area contributed by atoms with Crippen molar-refractivity contribution in [3.8, 4) is 11.5 Å². The van der Waals surface area contributed by atoms with Crippen LogP contribution in [0.25, 0.3) is 0 Å². The Labute approximate surface area is 153 Å². The van der Waals surface area contributed by atoms with Gasteiger partial charge in [-0.2, -0.15) is 0 Å². The fourth-order valence-electron chi connectivity index (χ4n) is 1.75. The highest BCUT2D eigenvalue weighted by Crippen LogP contribution is 2.28. The topological polar surface area (TPSA) is 90.4 Å². The summed E-state index contributed by atoms with van der Waals surface area (Å²) in [6, 6.07) is 4.78. The second-order valence-corrected chi connectivity index (χ2v) is 6.98. The second-order valence-electron chi connectivity index (χ2n) is 4.73. The van der Waals surface area contributed by atoms with Crippen LogP contribution in [0.2, 0.25) is 0 Å². The number of benzene rings is 1. The number of amides is 1. The van der Waals surface area contributed by atoms with Gasteiger partial charge in [0.25, 0.3) is 5.91 Å². The molecule has 1 amide bonds. The molecule has 132 valence electrons. The van der Waals surface area contributed by atoms with E-state index in [4.69, 9.17) is 9.47 Å². The molecule has 0 atom stereocenters. The molecule has 0 bridgehead atoms. The number of carbonyl (C=O) groups is 2. The molecule has 1 N–H and O–H groups in total. The van der Waals surface area contributed by atoms with Crippen molar-refractivity contribution in [1.82, 2.24) is 10.2 Å². The monoisotopic (exact) mass is 379 g/mol. The van der Waals surface area contributed by atoms with Crippen molar-refractivity contribution in [2.75, 3.05) is 24.8 Å². The van der Waals surface area contributed by atoms with Gasteiger partial charge in [-0.15, -0.1) is 16.8 Å². The fraction of sp³-hybridized carbons (Fsp3) is 0.250. The number of carbonyl (C=O) groups excluding carboxylic acids is 2. The number of ether oxygens (including phenoxy) is 2. The lowest BCUT2D eigenvalue weighted by Crippen LogP contribution is -2.20. The molecule has 0 spiro atoms.